The third-order valence-corrected chi connectivity index (χ3v) is 4.91. The second kappa shape index (κ2) is 6.25. The summed E-state index contributed by atoms with van der Waals surface area (Å²) in [5, 5.41) is 17.8. The Morgan fingerprint density at radius 1 is 1.00 bits per heavy atom. The maximum atomic E-state index is 4.86. The SMILES string of the molecule is c1ccc(-c2nnc3ccc(N4CCCC4Cn4cccn4)nn23)cc1. The van der Waals surface area contributed by atoms with Gasteiger partial charge in [-0.25, -0.2) is 0 Å². The molecule has 1 aromatic carbocycles. The largest absolute Gasteiger partial charge is 0.350 e. The van der Waals surface area contributed by atoms with Crippen LogP contribution in [0.2, 0.25) is 0 Å². The Morgan fingerprint density at radius 3 is 2.77 bits per heavy atom. The first-order valence-corrected chi connectivity index (χ1v) is 8.90. The van der Waals surface area contributed by atoms with Crippen molar-refractivity contribution in [3.8, 4) is 11.4 Å². The highest BCUT2D eigenvalue weighted by Gasteiger charge is 2.27. The van der Waals surface area contributed by atoms with Gasteiger partial charge >= 0.3 is 0 Å². The quantitative estimate of drug-likeness (QED) is 0.569. The zero-order chi connectivity index (χ0) is 17.3. The molecule has 0 radical (unpaired) electrons. The van der Waals surface area contributed by atoms with E-state index in [-0.39, 0.29) is 0 Å². The third-order valence-electron chi connectivity index (χ3n) is 4.91. The molecule has 1 atom stereocenters. The molecule has 0 amide bonds. The molecule has 1 aliphatic heterocycles. The van der Waals surface area contributed by atoms with Crippen molar-refractivity contribution in [1.29, 1.82) is 0 Å². The van der Waals surface area contributed by atoms with E-state index in [0.29, 0.717) is 6.04 Å². The fraction of sp³-hybridized carbons (Fsp3) is 0.263. The van der Waals surface area contributed by atoms with Crippen LogP contribution in [0.5, 0.6) is 0 Å². The number of hydrogen-bond donors (Lipinski definition) is 0. The number of aromatic nitrogens is 6. The Hall–Kier alpha value is -3.22. The third kappa shape index (κ3) is 2.61. The van der Waals surface area contributed by atoms with Crippen LogP contribution in [0.4, 0.5) is 5.82 Å². The van der Waals surface area contributed by atoms with Gasteiger partial charge in [0, 0.05) is 24.5 Å². The highest BCUT2D eigenvalue weighted by molar-refractivity contribution is 5.59. The van der Waals surface area contributed by atoms with Crippen molar-refractivity contribution in [3.05, 3.63) is 60.9 Å². The van der Waals surface area contributed by atoms with Crippen molar-refractivity contribution in [3.63, 3.8) is 0 Å². The van der Waals surface area contributed by atoms with Crippen molar-refractivity contribution in [2.75, 3.05) is 11.4 Å². The van der Waals surface area contributed by atoms with Gasteiger partial charge in [-0.3, -0.25) is 4.68 Å². The molecular formula is C19H19N7. The van der Waals surface area contributed by atoms with Crippen LogP contribution in [0.15, 0.2) is 60.9 Å². The summed E-state index contributed by atoms with van der Waals surface area (Å²) in [4.78, 5) is 2.37. The molecule has 0 spiro atoms. The van der Waals surface area contributed by atoms with Gasteiger partial charge in [-0.2, -0.15) is 9.61 Å². The molecule has 5 rings (SSSR count). The van der Waals surface area contributed by atoms with E-state index in [1.807, 2.05) is 70.1 Å². The number of benzene rings is 1. The molecule has 4 heterocycles. The monoisotopic (exact) mass is 345 g/mol. The molecule has 0 aliphatic carbocycles. The van der Waals surface area contributed by atoms with Gasteiger partial charge in [-0.15, -0.1) is 15.3 Å². The number of anilines is 1. The molecule has 0 N–H and O–H groups in total. The first-order valence-electron chi connectivity index (χ1n) is 8.90. The summed E-state index contributed by atoms with van der Waals surface area (Å²) in [5.74, 6) is 1.73. The second-order valence-corrected chi connectivity index (χ2v) is 6.57. The van der Waals surface area contributed by atoms with Crippen molar-refractivity contribution in [1.82, 2.24) is 29.6 Å². The topological polar surface area (TPSA) is 64.1 Å². The van der Waals surface area contributed by atoms with Gasteiger partial charge in [-0.05, 0) is 31.0 Å². The molecule has 7 nitrogen and oxygen atoms in total. The van der Waals surface area contributed by atoms with Crippen molar-refractivity contribution < 1.29 is 0 Å². The molecule has 1 unspecified atom stereocenters. The zero-order valence-electron chi connectivity index (χ0n) is 14.3. The van der Waals surface area contributed by atoms with Crippen LogP contribution in [0.3, 0.4) is 0 Å². The molecule has 1 aliphatic rings. The lowest BCUT2D eigenvalue weighted by atomic mass is 10.2. The van der Waals surface area contributed by atoms with Crippen molar-refractivity contribution in [2.24, 2.45) is 0 Å². The number of nitrogens with zero attached hydrogens (tertiary/aromatic N) is 7. The van der Waals surface area contributed by atoms with E-state index in [1.165, 1.54) is 6.42 Å². The lowest BCUT2D eigenvalue weighted by molar-refractivity contribution is 0.506. The number of rotatable bonds is 4. The number of fused-ring (bicyclic) bond motifs is 1. The minimum absolute atomic E-state index is 0.400. The van der Waals surface area contributed by atoms with Gasteiger partial charge in [0.15, 0.2) is 11.5 Å². The minimum Gasteiger partial charge on any atom is -0.350 e. The van der Waals surface area contributed by atoms with Crippen molar-refractivity contribution >= 4 is 11.5 Å². The Kier molecular flexibility index (Phi) is 3.62. The van der Waals surface area contributed by atoms with E-state index in [9.17, 15) is 0 Å². The summed E-state index contributed by atoms with van der Waals surface area (Å²) in [6.45, 7) is 1.88. The normalized spacial score (nSPS) is 17.2. The maximum Gasteiger partial charge on any atom is 0.185 e. The summed E-state index contributed by atoms with van der Waals surface area (Å²) >= 11 is 0. The van der Waals surface area contributed by atoms with E-state index < -0.39 is 0 Å². The fourth-order valence-electron chi connectivity index (χ4n) is 3.65. The Bertz CT molecular complexity index is 1010. The van der Waals surface area contributed by atoms with Crippen LogP contribution in [0, 0.1) is 0 Å². The van der Waals surface area contributed by atoms with E-state index in [4.69, 9.17) is 5.10 Å². The average Bonchev–Trinajstić information content (AvgIpc) is 3.43. The highest BCUT2D eigenvalue weighted by atomic mass is 15.4. The smallest absolute Gasteiger partial charge is 0.185 e. The average molecular weight is 345 g/mol. The summed E-state index contributed by atoms with van der Waals surface area (Å²) in [7, 11) is 0. The summed E-state index contributed by atoms with van der Waals surface area (Å²) in [6.07, 6.45) is 6.15. The molecule has 1 saturated heterocycles. The molecule has 0 saturated carbocycles. The van der Waals surface area contributed by atoms with Gasteiger partial charge in [0.05, 0.1) is 12.6 Å². The van der Waals surface area contributed by atoms with Crippen LogP contribution in [0.25, 0.3) is 17.0 Å². The first kappa shape index (κ1) is 15.1. The van der Waals surface area contributed by atoms with E-state index in [2.05, 4.69) is 20.2 Å². The van der Waals surface area contributed by atoms with Gasteiger partial charge in [0.25, 0.3) is 0 Å². The Labute approximate surface area is 150 Å². The van der Waals surface area contributed by atoms with Crippen LogP contribution < -0.4 is 4.90 Å². The molecule has 130 valence electrons. The molecular weight excluding hydrogens is 326 g/mol. The van der Waals surface area contributed by atoms with Crippen LogP contribution >= 0.6 is 0 Å². The maximum absolute atomic E-state index is 4.86. The lowest BCUT2D eigenvalue weighted by Crippen LogP contribution is -2.34. The molecule has 26 heavy (non-hydrogen) atoms. The van der Waals surface area contributed by atoms with Gasteiger partial charge in [-0.1, -0.05) is 30.3 Å². The van der Waals surface area contributed by atoms with Crippen LogP contribution in [0.1, 0.15) is 12.8 Å². The predicted molar refractivity (Wildman–Crippen MR) is 98.8 cm³/mol. The van der Waals surface area contributed by atoms with Crippen LogP contribution in [-0.4, -0.2) is 42.2 Å². The first-order chi connectivity index (χ1) is 12.9. The molecule has 7 heteroatoms. The van der Waals surface area contributed by atoms with Gasteiger partial charge in [0.1, 0.15) is 5.82 Å². The Balaban J connectivity index is 1.51. The molecule has 4 aromatic rings. The van der Waals surface area contributed by atoms with E-state index >= 15 is 0 Å². The highest BCUT2D eigenvalue weighted by Crippen LogP contribution is 2.26. The lowest BCUT2D eigenvalue weighted by Gasteiger charge is -2.25. The van der Waals surface area contributed by atoms with Crippen molar-refractivity contribution in [2.45, 2.75) is 25.4 Å². The van der Waals surface area contributed by atoms with E-state index in [1.54, 1.807) is 0 Å². The standard InChI is InChI=1S/C19H19N7/c1-2-6-15(7-3-1)19-22-21-17-9-10-18(23-26(17)19)25-13-4-8-16(25)14-24-12-5-11-20-24/h1-3,5-7,9-12,16H,4,8,13-14H2. The predicted octanol–water partition coefficient (Wildman–Crippen LogP) is 2.66. The summed E-state index contributed by atoms with van der Waals surface area (Å²) < 4.78 is 3.84. The minimum atomic E-state index is 0.400. The molecule has 0 bridgehead atoms. The zero-order valence-corrected chi connectivity index (χ0v) is 14.3. The van der Waals surface area contributed by atoms with E-state index in [0.717, 1.165) is 42.4 Å². The van der Waals surface area contributed by atoms with Gasteiger partial charge in [0.2, 0.25) is 0 Å². The molecule has 1 fully saturated rings. The number of hydrogen-bond acceptors (Lipinski definition) is 5. The fourth-order valence-corrected chi connectivity index (χ4v) is 3.65. The molecule has 3 aromatic heterocycles. The Morgan fingerprint density at radius 2 is 1.92 bits per heavy atom. The second-order valence-electron chi connectivity index (χ2n) is 6.57. The van der Waals surface area contributed by atoms with Crippen LogP contribution in [-0.2, 0) is 6.54 Å². The summed E-state index contributed by atoms with van der Waals surface area (Å²) in [6, 6.07) is 16.5. The van der Waals surface area contributed by atoms with Gasteiger partial charge < -0.3 is 4.90 Å². The summed E-state index contributed by atoms with van der Waals surface area (Å²) in [5.41, 5.74) is 1.77.